The molecule has 1 amide bonds. The highest BCUT2D eigenvalue weighted by molar-refractivity contribution is 7.09. The zero-order valence-corrected chi connectivity index (χ0v) is 15.4. The van der Waals surface area contributed by atoms with Crippen LogP contribution in [0.25, 0.3) is 0 Å². The number of aromatic nitrogens is 1. The van der Waals surface area contributed by atoms with Gasteiger partial charge in [-0.25, -0.2) is 4.98 Å². The summed E-state index contributed by atoms with van der Waals surface area (Å²) >= 11 is 1.58. The van der Waals surface area contributed by atoms with Gasteiger partial charge in [-0.2, -0.15) is 0 Å². The first-order chi connectivity index (χ1) is 11.6. The largest absolute Gasteiger partial charge is 0.325 e. The molecule has 1 aliphatic rings. The Labute approximate surface area is 147 Å². The Bertz CT molecular complexity index is 725. The molecule has 1 aromatic carbocycles. The summed E-state index contributed by atoms with van der Waals surface area (Å²) in [5.41, 5.74) is 4.40. The maximum absolute atomic E-state index is 12.3. The molecule has 5 heteroatoms. The zero-order valence-electron chi connectivity index (χ0n) is 14.6. The lowest BCUT2D eigenvalue weighted by molar-refractivity contribution is -0.115. The Balaban J connectivity index is 1.68. The number of carbonyl (C=O) groups excluding carboxylic acids is 1. The predicted octanol–water partition coefficient (Wildman–Crippen LogP) is 4.14. The van der Waals surface area contributed by atoms with E-state index in [2.05, 4.69) is 35.1 Å². The molecule has 128 valence electrons. The summed E-state index contributed by atoms with van der Waals surface area (Å²) in [6, 6.07) is 6.80. The van der Waals surface area contributed by atoms with Gasteiger partial charge in [0.2, 0.25) is 5.91 Å². The van der Waals surface area contributed by atoms with Crippen molar-refractivity contribution in [1.29, 1.82) is 0 Å². The number of nitrogens with zero attached hydrogens (tertiary/aromatic N) is 2. The van der Waals surface area contributed by atoms with E-state index in [4.69, 9.17) is 0 Å². The molecule has 0 saturated heterocycles. The first kappa shape index (κ1) is 17.1. The van der Waals surface area contributed by atoms with Crippen LogP contribution in [-0.4, -0.2) is 21.8 Å². The first-order valence-electron chi connectivity index (χ1n) is 8.62. The number of amides is 1. The van der Waals surface area contributed by atoms with Crippen LogP contribution in [0.2, 0.25) is 0 Å². The average Bonchev–Trinajstić information content (AvgIpc) is 3.14. The molecule has 1 aromatic heterocycles. The summed E-state index contributed by atoms with van der Waals surface area (Å²) in [4.78, 5) is 19.2. The van der Waals surface area contributed by atoms with Crippen LogP contribution >= 0.6 is 11.3 Å². The normalized spacial score (nSPS) is 15.3. The third kappa shape index (κ3) is 3.84. The van der Waals surface area contributed by atoms with Gasteiger partial charge in [-0.15, -0.1) is 11.3 Å². The predicted molar refractivity (Wildman–Crippen MR) is 99.2 cm³/mol. The number of aryl methyl sites for hydroxylation is 1. The fraction of sp³-hybridized carbons (Fsp3) is 0.474. The topological polar surface area (TPSA) is 45.2 Å². The Morgan fingerprint density at radius 1 is 1.42 bits per heavy atom. The fourth-order valence-electron chi connectivity index (χ4n) is 3.32. The molecule has 0 radical (unpaired) electrons. The van der Waals surface area contributed by atoms with Crippen molar-refractivity contribution in [2.45, 2.75) is 59.2 Å². The van der Waals surface area contributed by atoms with Crippen LogP contribution in [-0.2, 0) is 24.3 Å². The maximum atomic E-state index is 12.3. The molecular formula is C19H25N3OS. The van der Waals surface area contributed by atoms with Crippen molar-refractivity contribution in [3.8, 4) is 0 Å². The fourth-order valence-corrected chi connectivity index (χ4v) is 3.94. The standard InChI is InChI=1S/C19H25N3OS/c1-4-6-13(2)22-10-15-7-5-8-18(17(15)11-22)21-19(23)9-16-12-24-14(3)20-16/h5,7-8,12-13H,4,6,9-11H2,1-3H3,(H,21,23)/t13-/m0/s1. The number of rotatable bonds is 6. The molecule has 1 aliphatic heterocycles. The van der Waals surface area contributed by atoms with Gasteiger partial charge in [-0.3, -0.25) is 9.69 Å². The highest BCUT2D eigenvalue weighted by atomic mass is 32.1. The summed E-state index contributed by atoms with van der Waals surface area (Å²) in [6.07, 6.45) is 2.74. The molecule has 0 fully saturated rings. The molecule has 1 atom stereocenters. The minimum absolute atomic E-state index is 0.00811. The van der Waals surface area contributed by atoms with Crippen LogP contribution in [0.3, 0.4) is 0 Å². The Morgan fingerprint density at radius 3 is 2.96 bits per heavy atom. The summed E-state index contributed by atoms with van der Waals surface area (Å²) < 4.78 is 0. The zero-order chi connectivity index (χ0) is 17.1. The number of fused-ring (bicyclic) bond motifs is 1. The molecule has 2 aromatic rings. The Morgan fingerprint density at radius 2 is 2.25 bits per heavy atom. The van der Waals surface area contributed by atoms with Crippen LogP contribution < -0.4 is 5.32 Å². The molecule has 0 spiro atoms. The third-order valence-corrected chi connectivity index (χ3v) is 5.44. The van der Waals surface area contributed by atoms with Gasteiger partial charge in [0.05, 0.1) is 17.1 Å². The molecule has 3 rings (SSSR count). The van der Waals surface area contributed by atoms with Crippen LogP contribution in [0, 0.1) is 6.92 Å². The summed E-state index contributed by atoms with van der Waals surface area (Å²) in [5.74, 6) is 0.00811. The highest BCUT2D eigenvalue weighted by Gasteiger charge is 2.25. The van der Waals surface area contributed by atoms with E-state index >= 15 is 0 Å². The van der Waals surface area contributed by atoms with E-state index < -0.39 is 0 Å². The molecule has 2 heterocycles. The SMILES string of the molecule is CCC[C@H](C)N1Cc2cccc(NC(=O)Cc3csc(C)n3)c2C1. The maximum Gasteiger partial charge on any atom is 0.230 e. The lowest BCUT2D eigenvalue weighted by atomic mass is 10.1. The smallest absolute Gasteiger partial charge is 0.230 e. The van der Waals surface area contributed by atoms with Crippen molar-refractivity contribution < 1.29 is 4.79 Å². The van der Waals surface area contributed by atoms with Gasteiger partial charge in [0.1, 0.15) is 0 Å². The Hall–Kier alpha value is -1.72. The van der Waals surface area contributed by atoms with E-state index in [1.807, 2.05) is 24.4 Å². The number of anilines is 1. The monoisotopic (exact) mass is 343 g/mol. The van der Waals surface area contributed by atoms with E-state index in [1.54, 1.807) is 11.3 Å². The van der Waals surface area contributed by atoms with Crippen molar-refractivity contribution >= 4 is 22.9 Å². The van der Waals surface area contributed by atoms with Crippen molar-refractivity contribution in [3.05, 3.63) is 45.4 Å². The van der Waals surface area contributed by atoms with Gasteiger partial charge in [0, 0.05) is 30.2 Å². The number of benzene rings is 1. The molecule has 4 nitrogen and oxygen atoms in total. The second kappa shape index (κ2) is 7.45. The molecule has 0 bridgehead atoms. The summed E-state index contributed by atoms with van der Waals surface area (Å²) in [7, 11) is 0. The second-order valence-electron chi connectivity index (χ2n) is 6.57. The molecule has 0 unspecified atom stereocenters. The molecule has 1 N–H and O–H groups in total. The first-order valence-corrected chi connectivity index (χ1v) is 9.50. The van der Waals surface area contributed by atoms with Crippen molar-refractivity contribution in [2.24, 2.45) is 0 Å². The minimum Gasteiger partial charge on any atom is -0.325 e. The number of carbonyl (C=O) groups is 1. The molecule has 24 heavy (non-hydrogen) atoms. The van der Waals surface area contributed by atoms with Crippen LogP contribution in [0.15, 0.2) is 23.6 Å². The molecule has 0 aliphatic carbocycles. The molecule has 0 saturated carbocycles. The quantitative estimate of drug-likeness (QED) is 0.857. The number of hydrogen-bond donors (Lipinski definition) is 1. The highest BCUT2D eigenvalue weighted by Crippen LogP contribution is 2.31. The molecular weight excluding hydrogens is 318 g/mol. The third-order valence-electron chi connectivity index (χ3n) is 4.62. The van der Waals surface area contributed by atoms with Crippen molar-refractivity contribution in [2.75, 3.05) is 5.32 Å². The minimum atomic E-state index is 0.00811. The van der Waals surface area contributed by atoms with E-state index in [-0.39, 0.29) is 5.91 Å². The number of nitrogens with one attached hydrogen (secondary N) is 1. The second-order valence-corrected chi connectivity index (χ2v) is 7.63. The number of thiazole rings is 1. The van der Waals surface area contributed by atoms with Gasteiger partial charge in [-0.05, 0) is 37.5 Å². The van der Waals surface area contributed by atoms with Gasteiger partial charge >= 0.3 is 0 Å². The van der Waals surface area contributed by atoms with E-state index in [0.717, 1.165) is 29.5 Å². The summed E-state index contributed by atoms with van der Waals surface area (Å²) in [5, 5.41) is 6.05. The lowest BCUT2D eigenvalue weighted by Crippen LogP contribution is -2.27. The van der Waals surface area contributed by atoms with E-state index in [0.29, 0.717) is 12.5 Å². The van der Waals surface area contributed by atoms with Crippen LogP contribution in [0.4, 0.5) is 5.69 Å². The van der Waals surface area contributed by atoms with Gasteiger partial charge in [-0.1, -0.05) is 25.5 Å². The van der Waals surface area contributed by atoms with Gasteiger partial charge < -0.3 is 5.32 Å². The van der Waals surface area contributed by atoms with E-state index in [9.17, 15) is 4.79 Å². The van der Waals surface area contributed by atoms with Crippen molar-refractivity contribution in [1.82, 2.24) is 9.88 Å². The van der Waals surface area contributed by atoms with Crippen molar-refractivity contribution in [3.63, 3.8) is 0 Å². The van der Waals surface area contributed by atoms with Gasteiger partial charge in [0.25, 0.3) is 0 Å². The van der Waals surface area contributed by atoms with Crippen LogP contribution in [0.5, 0.6) is 0 Å². The lowest BCUT2D eigenvalue weighted by Gasteiger charge is -2.23. The van der Waals surface area contributed by atoms with Gasteiger partial charge in [0.15, 0.2) is 0 Å². The average molecular weight is 343 g/mol. The van der Waals surface area contributed by atoms with Crippen LogP contribution in [0.1, 0.15) is 48.5 Å². The summed E-state index contributed by atoms with van der Waals surface area (Å²) in [6.45, 7) is 8.38. The van der Waals surface area contributed by atoms with E-state index in [1.165, 1.54) is 24.0 Å². The Kier molecular flexibility index (Phi) is 5.31. The number of hydrogen-bond acceptors (Lipinski definition) is 4.